The van der Waals surface area contributed by atoms with Crippen LogP contribution in [0.4, 0.5) is 0 Å². The summed E-state index contributed by atoms with van der Waals surface area (Å²) < 4.78 is 26.0. The van der Waals surface area contributed by atoms with Gasteiger partial charge in [0.05, 0.1) is 11.5 Å². The molecule has 9 nitrogen and oxygen atoms in total. The Morgan fingerprint density at radius 3 is 2.63 bits per heavy atom. The fourth-order valence-electron chi connectivity index (χ4n) is 3.99. The molecular weight excluding hydrogens is 390 g/mol. The van der Waals surface area contributed by atoms with E-state index in [1.54, 1.807) is 17.0 Å². The van der Waals surface area contributed by atoms with E-state index in [0.29, 0.717) is 11.4 Å². The number of amides is 1. The zero-order valence-electron chi connectivity index (χ0n) is 14.7. The molecule has 1 aliphatic heterocycles. The predicted octanol–water partition coefficient (Wildman–Crippen LogP) is 0.449. The maximum Gasteiger partial charge on any atom is 0.369 e. The number of aromatic nitrogens is 4. The molecule has 1 amide bonds. The summed E-state index contributed by atoms with van der Waals surface area (Å²) in [6, 6.07) is 3.28. The largest absolute Gasteiger partial charge is 0.369 e. The van der Waals surface area contributed by atoms with Gasteiger partial charge < -0.3 is 4.90 Å². The highest BCUT2D eigenvalue weighted by molar-refractivity contribution is 7.91. The van der Waals surface area contributed by atoms with Crippen LogP contribution in [-0.4, -0.2) is 62.6 Å². The average molecular weight is 412 g/mol. The van der Waals surface area contributed by atoms with E-state index in [1.165, 1.54) is 11.3 Å². The highest BCUT2D eigenvalue weighted by atomic mass is 32.2. The molecule has 1 saturated heterocycles. The van der Waals surface area contributed by atoms with Gasteiger partial charge in [0.15, 0.2) is 9.84 Å². The number of rotatable bonds is 5. The van der Waals surface area contributed by atoms with Crippen LogP contribution in [0.15, 0.2) is 22.3 Å². The minimum atomic E-state index is -3.10. The van der Waals surface area contributed by atoms with Gasteiger partial charge in [-0.1, -0.05) is 12.8 Å². The fourth-order valence-corrected chi connectivity index (χ4v) is 6.37. The molecule has 1 aliphatic carbocycles. The van der Waals surface area contributed by atoms with Gasteiger partial charge >= 0.3 is 5.69 Å². The molecule has 0 spiro atoms. The van der Waals surface area contributed by atoms with Gasteiger partial charge in [0.25, 0.3) is 0 Å². The molecule has 11 heteroatoms. The van der Waals surface area contributed by atoms with E-state index < -0.39 is 15.5 Å². The van der Waals surface area contributed by atoms with Gasteiger partial charge in [-0.2, -0.15) is 9.36 Å². The molecule has 2 aliphatic rings. The minimum absolute atomic E-state index is 0.00598. The van der Waals surface area contributed by atoms with Gasteiger partial charge in [-0.15, -0.1) is 11.3 Å². The Kier molecular flexibility index (Phi) is 4.89. The smallest absolute Gasteiger partial charge is 0.334 e. The van der Waals surface area contributed by atoms with Gasteiger partial charge in [-0.3, -0.25) is 4.79 Å². The topological polar surface area (TPSA) is 107 Å². The lowest BCUT2D eigenvalue weighted by molar-refractivity contribution is -0.136. The first-order valence-corrected chi connectivity index (χ1v) is 11.7. The average Bonchev–Trinajstić information content (AvgIpc) is 3.38. The molecule has 0 N–H and O–H groups in total. The van der Waals surface area contributed by atoms with Gasteiger partial charge in [0, 0.05) is 12.1 Å². The molecule has 0 bridgehead atoms. The summed E-state index contributed by atoms with van der Waals surface area (Å²) in [5.41, 5.74) is -0.476. The second-order valence-corrected chi connectivity index (χ2v) is 10.2. The van der Waals surface area contributed by atoms with Crippen LogP contribution in [0.2, 0.25) is 0 Å². The lowest BCUT2D eigenvalue weighted by Crippen LogP contribution is -2.49. The maximum atomic E-state index is 13.0. The Labute approximate surface area is 160 Å². The van der Waals surface area contributed by atoms with E-state index in [1.807, 2.05) is 5.38 Å². The lowest BCUT2D eigenvalue weighted by Gasteiger charge is -2.33. The summed E-state index contributed by atoms with van der Waals surface area (Å²) in [4.78, 5) is 27.3. The molecule has 27 heavy (non-hydrogen) atoms. The van der Waals surface area contributed by atoms with Crippen LogP contribution < -0.4 is 5.69 Å². The van der Waals surface area contributed by atoms with Gasteiger partial charge in [-0.05, 0) is 47.2 Å². The first-order chi connectivity index (χ1) is 12.9. The van der Waals surface area contributed by atoms with E-state index in [4.69, 9.17) is 0 Å². The van der Waals surface area contributed by atoms with E-state index in [2.05, 4.69) is 10.4 Å². The van der Waals surface area contributed by atoms with Crippen molar-refractivity contribution in [3.63, 3.8) is 0 Å². The second-order valence-electron chi connectivity index (χ2n) is 7.08. The van der Waals surface area contributed by atoms with Crippen molar-refractivity contribution in [3.8, 4) is 5.00 Å². The number of nitrogens with zero attached hydrogens (tertiary/aromatic N) is 5. The molecule has 3 heterocycles. The number of carbonyl (C=O) groups excluding carboxylic acids is 1. The Balaban J connectivity index is 1.56. The molecule has 2 aromatic heterocycles. The third kappa shape index (κ3) is 3.70. The highest BCUT2D eigenvalue weighted by Gasteiger charge is 2.39. The zero-order valence-corrected chi connectivity index (χ0v) is 16.4. The van der Waals surface area contributed by atoms with Gasteiger partial charge in [0.2, 0.25) is 5.91 Å². The van der Waals surface area contributed by atoms with Gasteiger partial charge in [0.1, 0.15) is 11.5 Å². The maximum absolute atomic E-state index is 13.0. The third-order valence-electron chi connectivity index (χ3n) is 5.25. The van der Waals surface area contributed by atoms with Crippen molar-refractivity contribution in [1.82, 2.24) is 24.7 Å². The third-order valence-corrected chi connectivity index (χ3v) is 7.84. The number of sulfone groups is 1. The zero-order chi connectivity index (χ0) is 19.0. The van der Waals surface area contributed by atoms with Crippen molar-refractivity contribution >= 4 is 27.1 Å². The van der Waals surface area contributed by atoms with Crippen molar-refractivity contribution in [3.05, 3.63) is 28.0 Å². The number of hydrogen-bond acceptors (Lipinski definition) is 7. The van der Waals surface area contributed by atoms with Crippen LogP contribution in [0.1, 0.15) is 32.1 Å². The van der Waals surface area contributed by atoms with Gasteiger partial charge in [-0.25, -0.2) is 13.2 Å². The van der Waals surface area contributed by atoms with Crippen LogP contribution in [-0.2, 0) is 21.2 Å². The molecule has 2 aromatic rings. The number of carbonyl (C=O) groups is 1. The summed E-state index contributed by atoms with van der Waals surface area (Å²) >= 11 is 1.35. The second kappa shape index (κ2) is 7.19. The SMILES string of the molecule is O=C(Cn1nnn(-c2cccs2)c1=O)N(C1CCCC1)C1CCS(=O)(=O)C1. The fraction of sp³-hybridized carbons (Fsp3) is 0.625. The molecule has 1 atom stereocenters. The molecule has 146 valence electrons. The molecular formula is C16H21N5O4S2. The minimum Gasteiger partial charge on any atom is -0.334 e. The Hall–Kier alpha value is -2.01. The van der Waals surface area contributed by atoms with Crippen molar-refractivity contribution in [2.24, 2.45) is 0 Å². The van der Waals surface area contributed by atoms with Crippen LogP contribution >= 0.6 is 11.3 Å². The molecule has 1 saturated carbocycles. The lowest BCUT2D eigenvalue weighted by atomic mass is 10.1. The monoisotopic (exact) mass is 411 g/mol. The molecule has 0 aromatic carbocycles. The Bertz CT molecular complexity index is 973. The first-order valence-electron chi connectivity index (χ1n) is 9.03. The number of tetrazole rings is 1. The Morgan fingerprint density at radius 1 is 1.22 bits per heavy atom. The van der Waals surface area contributed by atoms with Crippen molar-refractivity contribution in [2.45, 2.75) is 50.7 Å². The van der Waals surface area contributed by atoms with E-state index in [0.717, 1.165) is 35.0 Å². The van der Waals surface area contributed by atoms with Crippen LogP contribution in [0.3, 0.4) is 0 Å². The van der Waals surface area contributed by atoms with Crippen molar-refractivity contribution in [2.75, 3.05) is 11.5 Å². The van der Waals surface area contributed by atoms with E-state index in [-0.39, 0.29) is 36.0 Å². The predicted molar refractivity (Wildman–Crippen MR) is 99.7 cm³/mol. The van der Waals surface area contributed by atoms with Crippen LogP contribution in [0.5, 0.6) is 0 Å². The number of thiophene rings is 1. The van der Waals surface area contributed by atoms with Crippen molar-refractivity contribution in [1.29, 1.82) is 0 Å². The Morgan fingerprint density at radius 2 is 2.00 bits per heavy atom. The first kappa shape index (κ1) is 18.4. The summed E-state index contributed by atoms with van der Waals surface area (Å²) in [7, 11) is -3.10. The highest BCUT2D eigenvalue weighted by Crippen LogP contribution is 2.29. The quantitative estimate of drug-likeness (QED) is 0.707. The molecule has 0 radical (unpaired) electrons. The summed E-state index contributed by atoms with van der Waals surface area (Å²) in [6.07, 6.45) is 4.27. The van der Waals surface area contributed by atoms with Crippen LogP contribution in [0.25, 0.3) is 5.00 Å². The van der Waals surface area contributed by atoms with Crippen LogP contribution in [0, 0.1) is 0 Å². The molecule has 2 fully saturated rings. The number of hydrogen-bond donors (Lipinski definition) is 0. The summed E-state index contributed by atoms with van der Waals surface area (Å²) in [5.74, 6) is -0.140. The normalized spacial score (nSPS) is 22.3. The molecule has 4 rings (SSSR count). The standard InChI is InChI=1S/C16H21N5O4S2/c22-14(10-19-16(23)21(18-17-19)15-6-3-8-26-15)20(12-4-1-2-5-12)13-7-9-27(24,25)11-13/h3,6,8,12-13H,1-2,4-5,7,9-11H2. The van der Waals surface area contributed by atoms with E-state index in [9.17, 15) is 18.0 Å². The molecule has 1 unspecified atom stereocenters. The van der Waals surface area contributed by atoms with Crippen molar-refractivity contribution < 1.29 is 13.2 Å². The summed E-state index contributed by atoms with van der Waals surface area (Å²) in [6.45, 7) is -0.225. The summed E-state index contributed by atoms with van der Waals surface area (Å²) in [5, 5.41) is 10.1. The van der Waals surface area contributed by atoms with E-state index >= 15 is 0 Å².